The molecular formula is C14H27NO2. The van der Waals surface area contributed by atoms with Crippen molar-refractivity contribution >= 4 is 0 Å². The molecule has 1 saturated carbocycles. The summed E-state index contributed by atoms with van der Waals surface area (Å²) in [5.74, 6) is 0.625. The molecule has 1 aliphatic heterocycles. The van der Waals surface area contributed by atoms with Gasteiger partial charge in [-0.15, -0.1) is 0 Å². The molecule has 2 rings (SSSR count). The lowest BCUT2D eigenvalue weighted by Crippen LogP contribution is -2.52. The highest BCUT2D eigenvalue weighted by molar-refractivity contribution is 4.93. The van der Waals surface area contributed by atoms with E-state index in [0.29, 0.717) is 18.1 Å². The third kappa shape index (κ3) is 3.21. The maximum atomic E-state index is 5.80. The van der Waals surface area contributed by atoms with Crippen LogP contribution >= 0.6 is 0 Å². The highest BCUT2D eigenvalue weighted by Gasteiger charge is 2.37. The van der Waals surface area contributed by atoms with E-state index in [0.717, 1.165) is 26.0 Å². The number of rotatable bonds is 5. The molecule has 1 N–H and O–H groups in total. The van der Waals surface area contributed by atoms with Gasteiger partial charge in [-0.25, -0.2) is 0 Å². The van der Waals surface area contributed by atoms with Gasteiger partial charge < -0.3 is 14.8 Å². The fourth-order valence-corrected chi connectivity index (χ4v) is 2.83. The zero-order valence-electron chi connectivity index (χ0n) is 11.5. The van der Waals surface area contributed by atoms with Crippen molar-refractivity contribution in [2.45, 2.75) is 63.7 Å². The summed E-state index contributed by atoms with van der Waals surface area (Å²) in [7, 11) is 1.85. The van der Waals surface area contributed by atoms with Crippen molar-refractivity contribution in [2.24, 2.45) is 5.92 Å². The van der Waals surface area contributed by atoms with E-state index in [1.54, 1.807) is 0 Å². The van der Waals surface area contributed by atoms with Crippen LogP contribution in [0.3, 0.4) is 0 Å². The van der Waals surface area contributed by atoms with Crippen LogP contribution in [0.25, 0.3) is 0 Å². The summed E-state index contributed by atoms with van der Waals surface area (Å²) in [6, 6.07) is 0.615. The van der Waals surface area contributed by atoms with E-state index in [1.807, 2.05) is 7.11 Å². The number of ether oxygens (including phenoxy) is 2. The standard InChI is InChI=1S/C14H27NO2/c1-11(2)13-9-12(5-8-17-13)15-10-14(16-3)6-4-7-14/h11-13,15H,4-10H2,1-3H3. The van der Waals surface area contributed by atoms with Gasteiger partial charge in [-0.3, -0.25) is 0 Å². The molecule has 17 heavy (non-hydrogen) atoms. The molecular weight excluding hydrogens is 214 g/mol. The summed E-state index contributed by atoms with van der Waals surface area (Å²) in [6.45, 7) is 6.41. The Labute approximate surface area is 105 Å². The summed E-state index contributed by atoms with van der Waals surface area (Å²) in [5.41, 5.74) is 0.144. The van der Waals surface area contributed by atoms with Crippen LogP contribution in [0, 0.1) is 5.92 Å². The second-order valence-corrected chi connectivity index (χ2v) is 6.00. The molecule has 0 radical (unpaired) electrons. The minimum Gasteiger partial charge on any atom is -0.378 e. The quantitative estimate of drug-likeness (QED) is 0.801. The van der Waals surface area contributed by atoms with E-state index in [1.165, 1.54) is 19.3 Å². The van der Waals surface area contributed by atoms with Crippen LogP contribution in [0.2, 0.25) is 0 Å². The molecule has 100 valence electrons. The molecule has 1 heterocycles. The first-order valence-electron chi connectivity index (χ1n) is 7.05. The zero-order valence-corrected chi connectivity index (χ0v) is 11.5. The molecule has 0 bridgehead atoms. The maximum absolute atomic E-state index is 5.80. The average Bonchev–Trinajstić information content (AvgIpc) is 2.28. The van der Waals surface area contributed by atoms with Crippen LogP contribution in [0.4, 0.5) is 0 Å². The van der Waals surface area contributed by atoms with Crippen LogP contribution in [0.1, 0.15) is 46.0 Å². The van der Waals surface area contributed by atoms with Crippen molar-refractivity contribution in [1.82, 2.24) is 5.32 Å². The van der Waals surface area contributed by atoms with Crippen LogP contribution in [0.15, 0.2) is 0 Å². The summed E-state index contributed by atoms with van der Waals surface area (Å²) in [5, 5.41) is 3.70. The van der Waals surface area contributed by atoms with Gasteiger partial charge in [0, 0.05) is 26.3 Å². The van der Waals surface area contributed by atoms with Gasteiger partial charge in [0.2, 0.25) is 0 Å². The third-order valence-corrected chi connectivity index (χ3v) is 4.47. The topological polar surface area (TPSA) is 30.5 Å². The Hall–Kier alpha value is -0.120. The van der Waals surface area contributed by atoms with Crippen molar-refractivity contribution < 1.29 is 9.47 Å². The van der Waals surface area contributed by atoms with Crippen LogP contribution in [-0.4, -0.2) is 38.0 Å². The largest absolute Gasteiger partial charge is 0.378 e. The first-order chi connectivity index (χ1) is 8.15. The minimum atomic E-state index is 0.144. The van der Waals surface area contributed by atoms with Crippen molar-refractivity contribution in [3.05, 3.63) is 0 Å². The third-order valence-electron chi connectivity index (χ3n) is 4.47. The Kier molecular flexibility index (Phi) is 4.45. The molecule has 0 aromatic carbocycles. The number of hydrogen-bond acceptors (Lipinski definition) is 3. The van der Waals surface area contributed by atoms with Crippen molar-refractivity contribution in [3.63, 3.8) is 0 Å². The van der Waals surface area contributed by atoms with Gasteiger partial charge in [0.05, 0.1) is 11.7 Å². The number of hydrogen-bond donors (Lipinski definition) is 1. The van der Waals surface area contributed by atoms with Crippen molar-refractivity contribution in [3.8, 4) is 0 Å². The summed E-state index contributed by atoms with van der Waals surface area (Å²) in [6.07, 6.45) is 6.47. The van der Waals surface area contributed by atoms with E-state index in [-0.39, 0.29) is 5.60 Å². The molecule has 1 aliphatic carbocycles. The van der Waals surface area contributed by atoms with Gasteiger partial charge in [0.25, 0.3) is 0 Å². The highest BCUT2D eigenvalue weighted by Crippen LogP contribution is 2.34. The fourth-order valence-electron chi connectivity index (χ4n) is 2.83. The second kappa shape index (κ2) is 5.68. The lowest BCUT2D eigenvalue weighted by molar-refractivity contribution is -0.0769. The lowest BCUT2D eigenvalue weighted by atomic mass is 9.79. The molecule has 2 atom stereocenters. The Balaban J connectivity index is 1.75. The van der Waals surface area contributed by atoms with E-state index in [4.69, 9.17) is 9.47 Å². The molecule has 2 fully saturated rings. The normalized spacial score (nSPS) is 32.5. The van der Waals surface area contributed by atoms with Gasteiger partial charge >= 0.3 is 0 Å². The molecule has 1 saturated heterocycles. The first-order valence-corrected chi connectivity index (χ1v) is 7.05. The summed E-state index contributed by atoms with van der Waals surface area (Å²) < 4.78 is 11.4. The molecule has 0 amide bonds. The second-order valence-electron chi connectivity index (χ2n) is 6.00. The van der Waals surface area contributed by atoms with Gasteiger partial charge in [-0.1, -0.05) is 13.8 Å². The Morgan fingerprint density at radius 2 is 2.18 bits per heavy atom. The summed E-state index contributed by atoms with van der Waals surface area (Å²) >= 11 is 0. The smallest absolute Gasteiger partial charge is 0.0802 e. The Bertz CT molecular complexity index is 233. The fraction of sp³-hybridized carbons (Fsp3) is 1.00. The van der Waals surface area contributed by atoms with Gasteiger partial charge in [0.1, 0.15) is 0 Å². The van der Waals surface area contributed by atoms with Crippen LogP contribution < -0.4 is 5.32 Å². The Morgan fingerprint density at radius 3 is 2.71 bits per heavy atom. The predicted octanol–water partition coefficient (Wildman–Crippen LogP) is 2.35. The van der Waals surface area contributed by atoms with E-state index in [2.05, 4.69) is 19.2 Å². The molecule has 0 spiro atoms. The number of nitrogens with one attached hydrogen (secondary N) is 1. The minimum absolute atomic E-state index is 0.144. The molecule has 0 aromatic rings. The SMILES string of the molecule is COC1(CNC2CCOC(C(C)C)C2)CCC1. The van der Waals surface area contributed by atoms with Gasteiger partial charge in [-0.05, 0) is 38.0 Å². The zero-order chi connectivity index (χ0) is 12.3. The molecule has 2 aliphatic rings. The van der Waals surface area contributed by atoms with Crippen molar-refractivity contribution in [2.75, 3.05) is 20.3 Å². The Morgan fingerprint density at radius 1 is 1.41 bits per heavy atom. The maximum Gasteiger partial charge on any atom is 0.0802 e. The lowest BCUT2D eigenvalue weighted by Gasteiger charge is -2.42. The van der Waals surface area contributed by atoms with E-state index in [9.17, 15) is 0 Å². The van der Waals surface area contributed by atoms with E-state index >= 15 is 0 Å². The number of methoxy groups -OCH3 is 1. The molecule has 3 heteroatoms. The van der Waals surface area contributed by atoms with Crippen LogP contribution in [-0.2, 0) is 9.47 Å². The van der Waals surface area contributed by atoms with Crippen molar-refractivity contribution in [1.29, 1.82) is 0 Å². The van der Waals surface area contributed by atoms with Crippen LogP contribution in [0.5, 0.6) is 0 Å². The van der Waals surface area contributed by atoms with Gasteiger partial charge in [-0.2, -0.15) is 0 Å². The first kappa shape index (κ1) is 13.3. The molecule has 3 nitrogen and oxygen atoms in total. The molecule has 2 unspecified atom stereocenters. The monoisotopic (exact) mass is 241 g/mol. The predicted molar refractivity (Wildman–Crippen MR) is 69.2 cm³/mol. The molecule has 0 aromatic heterocycles. The van der Waals surface area contributed by atoms with Gasteiger partial charge in [0.15, 0.2) is 0 Å². The average molecular weight is 241 g/mol. The summed E-state index contributed by atoms with van der Waals surface area (Å²) in [4.78, 5) is 0. The highest BCUT2D eigenvalue weighted by atomic mass is 16.5. The van der Waals surface area contributed by atoms with E-state index < -0.39 is 0 Å².